The Kier molecular flexibility index (Phi) is 7.39. The highest BCUT2D eigenvalue weighted by atomic mass is 28.4. The van der Waals surface area contributed by atoms with Gasteiger partial charge in [-0.05, 0) is 67.2 Å². The predicted molar refractivity (Wildman–Crippen MR) is 140 cm³/mol. The normalized spacial score (nSPS) is 14.4. The summed E-state index contributed by atoms with van der Waals surface area (Å²) in [7, 11) is -1.98. The molecular formula is C27H39N3O3Si. The number of rotatable bonds is 8. The monoisotopic (exact) mass is 481 g/mol. The van der Waals surface area contributed by atoms with Crippen LogP contribution < -0.4 is 0 Å². The van der Waals surface area contributed by atoms with E-state index in [4.69, 9.17) is 4.43 Å². The molecule has 7 heteroatoms. The van der Waals surface area contributed by atoms with Gasteiger partial charge in [0.1, 0.15) is 5.52 Å². The van der Waals surface area contributed by atoms with Gasteiger partial charge in [0, 0.05) is 12.5 Å². The van der Waals surface area contributed by atoms with Crippen molar-refractivity contribution in [2.75, 3.05) is 0 Å². The maximum atomic E-state index is 12.3. The molecule has 0 aliphatic carbocycles. The van der Waals surface area contributed by atoms with Crippen molar-refractivity contribution in [3.05, 3.63) is 58.1 Å². The highest BCUT2D eigenvalue weighted by molar-refractivity contribution is 6.74. The third-order valence-corrected chi connectivity index (χ3v) is 12.0. The van der Waals surface area contributed by atoms with Crippen molar-refractivity contribution < 1.29 is 14.3 Å². The summed E-state index contributed by atoms with van der Waals surface area (Å²) in [5.41, 5.74) is 6.95. The Balaban J connectivity index is 2.15. The SMILES string of the molecule is CCn1nnc2c(C)c(C(c3ccc(C)cc3CO[Si](C)(C)C(C)(C)C)C(C)C(=O)O)ccc21. The first-order valence-electron chi connectivity index (χ1n) is 12.1. The zero-order chi connectivity index (χ0) is 25.4. The van der Waals surface area contributed by atoms with Gasteiger partial charge < -0.3 is 9.53 Å². The molecule has 184 valence electrons. The van der Waals surface area contributed by atoms with Gasteiger partial charge in [0.25, 0.3) is 0 Å². The van der Waals surface area contributed by atoms with Crippen LogP contribution in [0.3, 0.4) is 0 Å². The van der Waals surface area contributed by atoms with Crippen LogP contribution in [0.25, 0.3) is 11.0 Å². The lowest BCUT2D eigenvalue weighted by atomic mass is 9.77. The van der Waals surface area contributed by atoms with E-state index in [-0.39, 0.29) is 11.0 Å². The molecule has 0 radical (unpaired) electrons. The van der Waals surface area contributed by atoms with E-state index in [1.165, 1.54) is 0 Å². The van der Waals surface area contributed by atoms with Crippen molar-refractivity contribution >= 4 is 25.3 Å². The molecule has 0 bridgehead atoms. The Morgan fingerprint density at radius 3 is 2.38 bits per heavy atom. The topological polar surface area (TPSA) is 77.2 Å². The molecule has 0 aliphatic rings. The molecule has 34 heavy (non-hydrogen) atoms. The fourth-order valence-corrected chi connectivity index (χ4v) is 5.19. The summed E-state index contributed by atoms with van der Waals surface area (Å²) in [6, 6.07) is 10.4. The molecule has 1 heterocycles. The quantitative estimate of drug-likeness (QED) is 0.375. The second-order valence-electron chi connectivity index (χ2n) is 10.9. The van der Waals surface area contributed by atoms with Crippen molar-refractivity contribution in [3.8, 4) is 0 Å². The lowest BCUT2D eigenvalue weighted by Crippen LogP contribution is -2.40. The number of aryl methyl sites for hydroxylation is 3. The number of aliphatic carboxylic acids is 1. The van der Waals surface area contributed by atoms with E-state index in [0.29, 0.717) is 6.61 Å². The molecule has 0 saturated heterocycles. The molecule has 0 spiro atoms. The lowest BCUT2D eigenvalue weighted by molar-refractivity contribution is -0.141. The van der Waals surface area contributed by atoms with Gasteiger partial charge in [-0.15, -0.1) is 5.10 Å². The number of carbonyl (C=O) groups is 1. The van der Waals surface area contributed by atoms with E-state index in [1.807, 2.05) is 24.6 Å². The molecule has 2 atom stereocenters. The Bertz CT molecular complexity index is 1190. The molecule has 6 nitrogen and oxygen atoms in total. The largest absolute Gasteiger partial charge is 0.481 e. The zero-order valence-electron chi connectivity index (χ0n) is 22.1. The summed E-state index contributed by atoms with van der Waals surface area (Å²) in [6.07, 6.45) is 0. The van der Waals surface area contributed by atoms with Crippen molar-refractivity contribution in [3.63, 3.8) is 0 Å². The van der Waals surface area contributed by atoms with E-state index in [9.17, 15) is 9.90 Å². The smallest absolute Gasteiger partial charge is 0.307 e. The van der Waals surface area contributed by atoms with Crippen molar-refractivity contribution in [1.29, 1.82) is 0 Å². The molecule has 0 fully saturated rings. The summed E-state index contributed by atoms with van der Waals surface area (Å²) < 4.78 is 8.45. The molecule has 0 saturated carbocycles. The maximum Gasteiger partial charge on any atom is 0.307 e. The Labute approximate surface area is 204 Å². The van der Waals surface area contributed by atoms with Gasteiger partial charge in [-0.1, -0.05) is 62.7 Å². The minimum Gasteiger partial charge on any atom is -0.481 e. The molecule has 2 unspecified atom stereocenters. The Morgan fingerprint density at radius 1 is 1.15 bits per heavy atom. The van der Waals surface area contributed by atoms with E-state index in [1.54, 1.807) is 6.92 Å². The highest BCUT2D eigenvalue weighted by Gasteiger charge is 2.38. The number of fused-ring (bicyclic) bond motifs is 1. The van der Waals surface area contributed by atoms with Gasteiger partial charge in [-0.3, -0.25) is 4.79 Å². The third-order valence-electron chi connectivity index (χ3n) is 7.53. The number of aromatic nitrogens is 3. The molecule has 0 aliphatic heterocycles. The number of carboxylic acid groups (broad SMARTS) is 1. The summed E-state index contributed by atoms with van der Waals surface area (Å²) in [5.74, 6) is -1.77. The van der Waals surface area contributed by atoms with Gasteiger partial charge >= 0.3 is 5.97 Å². The number of benzene rings is 2. The average molecular weight is 482 g/mol. The van der Waals surface area contributed by atoms with Gasteiger partial charge in [-0.25, -0.2) is 4.68 Å². The summed E-state index contributed by atoms with van der Waals surface area (Å²) in [6.45, 7) is 20.3. The van der Waals surface area contributed by atoms with Crippen LogP contribution in [0, 0.1) is 19.8 Å². The predicted octanol–water partition coefficient (Wildman–Crippen LogP) is 6.44. The Morgan fingerprint density at radius 2 is 1.79 bits per heavy atom. The molecule has 1 aromatic heterocycles. The molecule has 2 aromatic carbocycles. The van der Waals surface area contributed by atoms with Crippen LogP contribution in [0.4, 0.5) is 0 Å². The first-order chi connectivity index (χ1) is 15.8. The second-order valence-corrected chi connectivity index (χ2v) is 15.7. The minimum absolute atomic E-state index is 0.0947. The standard InChI is InChI=1S/C27H39N3O3Si/c1-10-30-23-14-13-21(18(3)25(23)28-29-30)24(19(4)26(31)32)22-12-11-17(2)15-20(22)16-33-34(8,9)27(5,6)7/h11-15,19,24H,10,16H2,1-9H3,(H,31,32). The van der Waals surface area contributed by atoms with Crippen LogP contribution in [0.1, 0.15) is 68.4 Å². The highest BCUT2D eigenvalue weighted by Crippen LogP contribution is 2.40. The molecule has 3 aromatic rings. The van der Waals surface area contributed by atoms with Crippen LogP contribution in [0.5, 0.6) is 0 Å². The molecule has 3 rings (SSSR count). The molecule has 1 N–H and O–H groups in total. The second kappa shape index (κ2) is 9.62. The fourth-order valence-electron chi connectivity index (χ4n) is 4.24. The minimum atomic E-state index is -1.98. The van der Waals surface area contributed by atoms with Crippen LogP contribution in [0.15, 0.2) is 30.3 Å². The maximum absolute atomic E-state index is 12.3. The van der Waals surface area contributed by atoms with Crippen molar-refractivity contribution in [2.24, 2.45) is 5.92 Å². The van der Waals surface area contributed by atoms with Crippen LogP contribution in [-0.4, -0.2) is 34.4 Å². The summed E-state index contributed by atoms with van der Waals surface area (Å²) in [5, 5.41) is 18.9. The Hall–Kier alpha value is -2.51. The zero-order valence-corrected chi connectivity index (χ0v) is 23.1. The van der Waals surface area contributed by atoms with Gasteiger partial charge in [0.15, 0.2) is 8.32 Å². The first-order valence-corrected chi connectivity index (χ1v) is 15.0. The lowest BCUT2D eigenvalue weighted by Gasteiger charge is -2.36. The molecular weight excluding hydrogens is 442 g/mol. The van der Waals surface area contributed by atoms with Gasteiger partial charge in [0.2, 0.25) is 0 Å². The van der Waals surface area contributed by atoms with Crippen molar-refractivity contribution in [2.45, 2.75) is 85.7 Å². The number of hydrogen-bond acceptors (Lipinski definition) is 4. The average Bonchev–Trinajstić information content (AvgIpc) is 3.18. The number of nitrogens with zero attached hydrogens (tertiary/aromatic N) is 3. The van der Waals surface area contributed by atoms with E-state index < -0.39 is 20.2 Å². The molecule has 0 amide bonds. The number of hydrogen-bond donors (Lipinski definition) is 1. The van der Waals surface area contributed by atoms with Crippen LogP contribution >= 0.6 is 0 Å². The van der Waals surface area contributed by atoms with Crippen LogP contribution in [-0.2, 0) is 22.4 Å². The van der Waals surface area contributed by atoms with E-state index in [0.717, 1.165) is 45.4 Å². The fraction of sp³-hybridized carbons (Fsp3) is 0.519. The van der Waals surface area contributed by atoms with Gasteiger partial charge in [0.05, 0.1) is 18.0 Å². The summed E-state index contributed by atoms with van der Waals surface area (Å²) in [4.78, 5) is 12.3. The van der Waals surface area contributed by atoms with Gasteiger partial charge in [-0.2, -0.15) is 0 Å². The van der Waals surface area contributed by atoms with E-state index in [2.05, 4.69) is 75.4 Å². The third kappa shape index (κ3) is 4.96. The summed E-state index contributed by atoms with van der Waals surface area (Å²) >= 11 is 0. The van der Waals surface area contributed by atoms with Crippen LogP contribution in [0.2, 0.25) is 18.1 Å². The van der Waals surface area contributed by atoms with E-state index >= 15 is 0 Å². The first kappa shape index (κ1) is 26.1. The number of carboxylic acids is 1. The van der Waals surface area contributed by atoms with Crippen molar-refractivity contribution in [1.82, 2.24) is 15.0 Å².